The lowest BCUT2D eigenvalue weighted by molar-refractivity contribution is -0.0277. The van der Waals surface area contributed by atoms with Crippen molar-refractivity contribution in [3.63, 3.8) is 0 Å². The summed E-state index contributed by atoms with van der Waals surface area (Å²) in [4.78, 5) is 6.71. The van der Waals surface area contributed by atoms with Crippen molar-refractivity contribution in [2.45, 2.75) is 65.6 Å². The Kier molecular flexibility index (Phi) is 6.01. The third-order valence-electron chi connectivity index (χ3n) is 4.25. The summed E-state index contributed by atoms with van der Waals surface area (Å²) in [5, 5.41) is 10.8. The Morgan fingerprint density at radius 3 is 2.42 bits per heavy atom. The number of likely N-dealkylation sites (N-methyl/N-ethyl adjacent to an activating group) is 1. The monoisotopic (exact) mass is 267 g/mol. The van der Waals surface area contributed by atoms with Crippen molar-refractivity contribution in [2.75, 3.05) is 13.1 Å². The summed E-state index contributed by atoms with van der Waals surface area (Å²) >= 11 is 0. The van der Waals surface area contributed by atoms with Crippen LogP contribution in [0.2, 0.25) is 0 Å². The van der Waals surface area contributed by atoms with Crippen LogP contribution in [0, 0.1) is 0 Å². The summed E-state index contributed by atoms with van der Waals surface area (Å²) in [5.41, 5.74) is -0.264. The number of hydrogen-bond acceptors (Lipinski definition) is 3. The molecule has 0 saturated carbocycles. The van der Waals surface area contributed by atoms with Gasteiger partial charge >= 0.3 is 0 Å². The van der Waals surface area contributed by atoms with E-state index in [4.69, 9.17) is 0 Å². The average molecular weight is 267 g/mol. The minimum absolute atomic E-state index is 0.264. The molecule has 1 rings (SSSR count). The van der Waals surface area contributed by atoms with Gasteiger partial charge in [0.25, 0.3) is 0 Å². The minimum atomic E-state index is -0.557. The predicted molar refractivity (Wildman–Crippen MR) is 79.1 cm³/mol. The van der Waals surface area contributed by atoms with Crippen molar-refractivity contribution in [3.05, 3.63) is 18.2 Å². The highest BCUT2D eigenvalue weighted by Crippen LogP contribution is 2.33. The maximum absolute atomic E-state index is 10.8. The highest BCUT2D eigenvalue weighted by Gasteiger charge is 2.38. The second kappa shape index (κ2) is 7.06. The van der Waals surface area contributed by atoms with Gasteiger partial charge in [-0.2, -0.15) is 0 Å². The van der Waals surface area contributed by atoms with Crippen molar-refractivity contribution in [2.24, 2.45) is 0 Å². The number of aryl methyl sites for hydroxylation is 1. The molecular weight excluding hydrogens is 238 g/mol. The predicted octanol–water partition coefficient (Wildman–Crippen LogP) is 2.84. The molecule has 0 fully saturated rings. The number of aliphatic hydroxyl groups is 1. The molecule has 1 N–H and O–H groups in total. The fraction of sp³-hybridized carbons (Fsp3) is 0.800. The van der Waals surface area contributed by atoms with E-state index in [0.29, 0.717) is 0 Å². The number of nitrogens with zero attached hydrogens (tertiary/aromatic N) is 3. The van der Waals surface area contributed by atoms with Crippen molar-refractivity contribution in [1.82, 2.24) is 14.5 Å². The van der Waals surface area contributed by atoms with Crippen LogP contribution in [-0.2, 0) is 6.54 Å². The van der Waals surface area contributed by atoms with E-state index in [-0.39, 0.29) is 5.54 Å². The molecule has 4 heteroatoms. The molecular formula is C15H29N3O. The van der Waals surface area contributed by atoms with Crippen molar-refractivity contribution in [1.29, 1.82) is 0 Å². The first-order valence-corrected chi connectivity index (χ1v) is 7.49. The number of aromatic nitrogens is 2. The lowest BCUT2D eigenvalue weighted by atomic mass is 9.88. The molecule has 1 heterocycles. The van der Waals surface area contributed by atoms with E-state index in [1.54, 1.807) is 6.20 Å². The summed E-state index contributed by atoms with van der Waals surface area (Å²) in [6.07, 6.45) is 5.13. The summed E-state index contributed by atoms with van der Waals surface area (Å²) in [6, 6.07) is 0. The van der Waals surface area contributed by atoms with E-state index in [2.05, 4.69) is 49.1 Å². The Bertz CT molecular complexity index is 373. The molecule has 0 amide bonds. The van der Waals surface area contributed by atoms with E-state index in [0.717, 1.165) is 38.3 Å². The SMILES string of the molecule is CCCn1ccnc1C(O)C(C)(CC)N(CC)CC. The number of rotatable bonds is 8. The molecule has 110 valence electrons. The molecule has 0 bridgehead atoms. The highest BCUT2D eigenvalue weighted by atomic mass is 16.3. The van der Waals surface area contributed by atoms with Crippen LogP contribution in [0.3, 0.4) is 0 Å². The third-order valence-corrected chi connectivity index (χ3v) is 4.25. The molecule has 1 aromatic heterocycles. The summed E-state index contributed by atoms with van der Waals surface area (Å²) in [6.45, 7) is 13.5. The molecule has 0 saturated heterocycles. The smallest absolute Gasteiger partial charge is 0.139 e. The molecule has 2 unspecified atom stereocenters. The quantitative estimate of drug-likeness (QED) is 0.787. The Morgan fingerprint density at radius 2 is 1.95 bits per heavy atom. The van der Waals surface area contributed by atoms with E-state index in [9.17, 15) is 5.11 Å². The van der Waals surface area contributed by atoms with Gasteiger partial charge in [-0.25, -0.2) is 4.98 Å². The van der Waals surface area contributed by atoms with Gasteiger partial charge in [0.05, 0.1) is 5.54 Å². The molecule has 4 nitrogen and oxygen atoms in total. The van der Waals surface area contributed by atoms with E-state index < -0.39 is 6.10 Å². The standard InChI is InChI=1S/C15H29N3O/c1-6-11-17-12-10-16-14(17)13(19)15(5,7-2)18(8-3)9-4/h10,12-13,19H,6-9,11H2,1-5H3. The molecule has 1 aromatic rings. The third kappa shape index (κ3) is 3.18. The van der Waals surface area contributed by atoms with Crippen molar-refractivity contribution in [3.8, 4) is 0 Å². The molecule has 0 spiro atoms. The van der Waals surface area contributed by atoms with Gasteiger partial charge in [-0.3, -0.25) is 4.90 Å². The highest BCUT2D eigenvalue weighted by molar-refractivity contribution is 5.06. The molecule has 2 atom stereocenters. The summed E-state index contributed by atoms with van der Waals surface area (Å²) in [7, 11) is 0. The summed E-state index contributed by atoms with van der Waals surface area (Å²) in [5.74, 6) is 0.790. The maximum Gasteiger partial charge on any atom is 0.139 e. The molecule has 0 aliphatic carbocycles. The fourth-order valence-electron chi connectivity index (χ4n) is 2.81. The van der Waals surface area contributed by atoms with E-state index in [1.807, 2.05) is 6.20 Å². The number of imidazole rings is 1. The zero-order chi connectivity index (χ0) is 14.5. The van der Waals surface area contributed by atoms with Gasteiger partial charge in [0.1, 0.15) is 11.9 Å². The van der Waals surface area contributed by atoms with Gasteiger partial charge in [-0.1, -0.05) is 27.7 Å². The lowest BCUT2D eigenvalue weighted by Crippen LogP contribution is -2.50. The first kappa shape index (κ1) is 16.2. The Morgan fingerprint density at radius 1 is 1.32 bits per heavy atom. The molecule has 0 radical (unpaired) electrons. The van der Waals surface area contributed by atoms with Gasteiger partial charge in [0.15, 0.2) is 0 Å². The topological polar surface area (TPSA) is 41.3 Å². The Hall–Kier alpha value is -0.870. The second-order valence-electron chi connectivity index (χ2n) is 5.26. The zero-order valence-corrected chi connectivity index (χ0v) is 13.1. The van der Waals surface area contributed by atoms with E-state index >= 15 is 0 Å². The van der Waals surface area contributed by atoms with Gasteiger partial charge in [-0.15, -0.1) is 0 Å². The van der Waals surface area contributed by atoms with Crippen LogP contribution < -0.4 is 0 Å². The summed E-state index contributed by atoms with van der Waals surface area (Å²) < 4.78 is 2.07. The maximum atomic E-state index is 10.8. The lowest BCUT2D eigenvalue weighted by Gasteiger charge is -2.43. The van der Waals surface area contributed by atoms with Gasteiger partial charge in [-0.05, 0) is 32.9 Å². The minimum Gasteiger partial charge on any atom is -0.383 e. The average Bonchev–Trinajstić information content (AvgIpc) is 2.87. The van der Waals surface area contributed by atoms with Crippen LogP contribution in [0.15, 0.2) is 12.4 Å². The number of hydrogen-bond donors (Lipinski definition) is 1. The van der Waals surface area contributed by atoms with Crippen LogP contribution in [0.1, 0.15) is 59.4 Å². The second-order valence-corrected chi connectivity index (χ2v) is 5.26. The zero-order valence-electron chi connectivity index (χ0n) is 13.1. The van der Waals surface area contributed by atoms with Crippen LogP contribution in [0.4, 0.5) is 0 Å². The Balaban J connectivity index is 3.06. The normalized spacial score (nSPS) is 16.6. The van der Waals surface area contributed by atoms with Crippen LogP contribution in [0.5, 0.6) is 0 Å². The molecule has 0 aliphatic heterocycles. The largest absolute Gasteiger partial charge is 0.383 e. The fourth-order valence-corrected chi connectivity index (χ4v) is 2.81. The van der Waals surface area contributed by atoms with Gasteiger partial charge in [0, 0.05) is 18.9 Å². The van der Waals surface area contributed by atoms with Gasteiger partial charge < -0.3 is 9.67 Å². The molecule has 0 aliphatic rings. The molecule has 19 heavy (non-hydrogen) atoms. The van der Waals surface area contributed by atoms with Crippen molar-refractivity contribution < 1.29 is 5.11 Å². The van der Waals surface area contributed by atoms with Crippen LogP contribution in [0.25, 0.3) is 0 Å². The first-order valence-electron chi connectivity index (χ1n) is 7.49. The Labute approximate surface area is 117 Å². The van der Waals surface area contributed by atoms with Gasteiger partial charge in [0.2, 0.25) is 0 Å². The van der Waals surface area contributed by atoms with Crippen LogP contribution in [-0.4, -0.2) is 38.2 Å². The number of aliphatic hydroxyl groups excluding tert-OH is 1. The van der Waals surface area contributed by atoms with Crippen LogP contribution >= 0.6 is 0 Å². The first-order chi connectivity index (χ1) is 9.04. The molecule has 0 aromatic carbocycles. The van der Waals surface area contributed by atoms with E-state index in [1.165, 1.54) is 0 Å². The van der Waals surface area contributed by atoms with Crippen molar-refractivity contribution >= 4 is 0 Å².